The molecule has 1 atom stereocenters. The third-order valence-corrected chi connectivity index (χ3v) is 5.19. The lowest BCUT2D eigenvalue weighted by Gasteiger charge is -2.24. The van der Waals surface area contributed by atoms with Gasteiger partial charge in [0.1, 0.15) is 0 Å². The zero-order chi connectivity index (χ0) is 21.1. The molecule has 2 heterocycles. The van der Waals surface area contributed by atoms with Crippen LogP contribution in [-0.4, -0.2) is 58.1 Å². The number of aryl methyl sites for hydroxylation is 2. The van der Waals surface area contributed by atoms with Crippen molar-refractivity contribution in [2.24, 2.45) is 5.73 Å². The predicted molar refractivity (Wildman–Crippen MR) is 111 cm³/mol. The topological polar surface area (TPSA) is 117 Å². The molecule has 2 aromatic rings. The minimum atomic E-state index is -0.714. The first-order valence-electron chi connectivity index (χ1n) is 9.33. The summed E-state index contributed by atoms with van der Waals surface area (Å²) in [6, 6.07) is 5.87. The summed E-state index contributed by atoms with van der Waals surface area (Å²) >= 11 is 0. The maximum atomic E-state index is 11.8. The molecule has 1 aliphatic heterocycles. The molecule has 0 radical (unpaired) electrons. The van der Waals surface area contributed by atoms with Gasteiger partial charge in [-0.15, -0.1) is 10.2 Å². The second-order valence-electron chi connectivity index (χ2n) is 7.14. The number of carbonyl (C=O) groups is 2. The van der Waals surface area contributed by atoms with E-state index in [4.69, 9.17) is 5.73 Å². The summed E-state index contributed by atoms with van der Waals surface area (Å²) in [4.78, 5) is 31.7. The number of nitrogens with two attached hydrogens (primary N) is 1. The highest BCUT2D eigenvalue weighted by molar-refractivity contribution is 5.96. The summed E-state index contributed by atoms with van der Waals surface area (Å²) in [6.45, 7) is 8.74. The van der Waals surface area contributed by atoms with Gasteiger partial charge in [-0.3, -0.25) is 9.59 Å². The molecular formula is C20H25N7O2. The van der Waals surface area contributed by atoms with Gasteiger partial charge in [-0.1, -0.05) is 12.6 Å². The number of primary amides is 1. The summed E-state index contributed by atoms with van der Waals surface area (Å²) in [5.74, 6) is -0.218. The van der Waals surface area contributed by atoms with E-state index in [1.54, 1.807) is 4.90 Å². The van der Waals surface area contributed by atoms with Crippen molar-refractivity contribution in [3.05, 3.63) is 47.7 Å². The van der Waals surface area contributed by atoms with Crippen LogP contribution in [0.5, 0.6) is 0 Å². The molecule has 1 saturated heterocycles. The van der Waals surface area contributed by atoms with E-state index in [0.717, 1.165) is 23.2 Å². The molecule has 2 amide bonds. The molecule has 1 aromatic carbocycles. The molecule has 29 heavy (non-hydrogen) atoms. The molecule has 0 bridgehead atoms. The minimum absolute atomic E-state index is 0.0322. The Morgan fingerprint density at radius 2 is 2.07 bits per heavy atom. The van der Waals surface area contributed by atoms with E-state index in [1.165, 1.54) is 6.08 Å². The van der Waals surface area contributed by atoms with Crippen molar-refractivity contribution in [1.82, 2.24) is 20.1 Å². The minimum Gasteiger partial charge on any atom is -0.364 e. The number of amides is 2. The largest absolute Gasteiger partial charge is 0.364 e. The van der Waals surface area contributed by atoms with Crippen LogP contribution in [0.3, 0.4) is 0 Å². The van der Waals surface area contributed by atoms with E-state index in [1.807, 2.05) is 44.0 Å². The Balaban J connectivity index is 1.86. The van der Waals surface area contributed by atoms with Gasteiger partial charge in [0.15, 0.2) is 11.5 Å². The van der Waals surface area contributed by atoms with E-state index in [2.05, 4.69) is 27.1 Å². The molecule has 0 spiro atoms. The Morgan fingerprint density at radius 3 is 2.72 bits per heavy atom. The third kappa shape index (κ3) is 4.34. The van der Waals surface area contributed by atoms with Crippen molar-refractivity contribution in [1.29, 1.82) is 0 Å². The highest BCUT2D eigenvalue weighted by atomic mass is 16.2. The van der Waals surface area contributed by atoms with E-state index in [0.29, 0.717) is 19.0 Å². The number of anilines is 3. The van der Waals surface area contributed by atoms with E-state index < -0.39 is 5.91 Å². The number of benzene rings is 1. The highest BCUT2D eigenvalue weighted by Crippen LogP contribution is 2.23. The number of hydrogen-bond donors (Lipinski definition) is 2. The Morgan fingerprint density at radius 1 is 1.31 bits per heavy atom. The van der Waals surface area contributed by atoms with Gasteiger partial charge in [0, 0.05) is 25.8 Å². The number of aromatic nitrogens is 3. The number of likely N-dealkylation sites (N-methyl/N-ethyl adjacent to an activating group) is 1. The molecule has 0 unspecified atom stereocenters. The molecule has 152 valence electrons. The van der Waals surface area contributed by atoms with E-state index in [9.17, 15) is 9.59 Å². The normalized spacial score (nSPS) is 15.8. The predicted octanol–water partition coefficient (Wildman–Crippen LogP) is 1.55. The number of hydrogen-bond acceptors (Lipinski definition) is 7. The summed E-state index contributed by atoms with van der Waals surface area (Å²) < 4.78 is 0. The second-order valence-corrected chi connectivity index (χ2v) is 7.14. The first-order valence-corrected chi connectivity index (χ1v) is 9.33. The maximum Gasteiger partial charge on any atom is 0.273 e. The lowest BCUT2D eigenvalue weighted by Crippen LogP contribution is -2.37. The van der Waals surface area contributed by atoms with Crippen LogP contribution in [0.4, 0.5) is 17.5 Å². The maximum absolute atomic E-state index is 11.8. The third-order valence-electron chi connectivity index (χ3n) is 5.19. The average Bonchev–Trinajstić information content (AvgIpc) is 3.19. The first kappa shape index (κ1) is 20.2. The van der Waals surface area contributed by atoms with Crippen LogP contribution in [0.2, 0.25) is 0 Å². The monoisotopic (exact) mass is 395 g/mol. The summed E-state index contributed by atoms with van der Waals surface area (Å²) in [7, 11) is 1.84. The molecule has 1 aliphatic rings. The number of carbonyl (C=O) groups excluding carboxylic acids is 2. The quantitative estimate of drug-likeness (QED) is 0.713. The van der Waals surface area contributed by atoms with Crippen molar-refractivity contribution >= 4 is 29.3 Å². The molecule has 9 nitrogen and oxygen atoms in total. The lowest BCUT2D eigenvalue weighted by molar-refractivity contribution is -0.125. The Bertz CT molecular complexity index is 960. The average molecular weight is 395 g/mol. The van der Waals surface area contributed by atoms with Gasteiger partial charge in [-0.2, -0.15) is 4.98 Å². The highest BCUT2D eigenvalue weighted by Gasteiger charge is 2.29. The van der Waals surface area contributed by atoms with Crippen LogP contribution in [-0.2, 0) is 4.79 Å². The summed E-state index contributed by atoms with van der Waals surface area (Å²) in [6.07, 6.45) is 2.09. The van der Waals surface area contributed by atoms with Gasteiger partial charge in [0.05, 0.1) is 6.04 Å². The smallest absolute Gasteiger partial charge is 0.273 e. The van der Waals surface area contributed by atoms with Gasteiger partial charge in [-0.05, 0) is 49.6 Å². The molecule has 3 rings (SSSR count). The molecule has 1 aromatic heterocycles. The van der Waals surface area contributed by atoms with E-state index in [-0.39, 0.29) is 23.5 Å². The zero-order valence-corrected chi connectivity index (χ0v) is 16.8. The van der Waals surface area contributed by atoms with Crippen LogP contribution in [0.15, 0.2) is 30.9 Å². The van der Waals surface area contributed by atoms with Crippen LogP contribution in [0, 0.1) is 13.8 Å². The molecule has 1 fully saturated rings. The van der Waals surface area contributed by atoms with Gasteiger partial charge in [0.2, 0.25) is 11.9 Å². The fraction of sp³-hybridized carbons (Fsp3) is 0.350. The van der Waals surface area contributed by atoms with Crippen molar-refractivity contribution in [2.75, 3.05) is 30.4 Å². The fourth-order valence-electron chi connectivity index (χ4n) is 3.23. The summed E-state index contributed by atoms with van der Waals surface area (Å²) in [5.41, 5.74) is 8.45. The zero-order valence-electron chi connectivity index (χ0n) is 16.8. The standard InChI is InChI=1S/C20H25N7O2/c1-5-16(28)27-9-8-15(11-27)26(4)20-23-19(17(18(21)29)24-25-20)22-14-7-6-12(2)13(3)10-14/h5-7,10,15H,1,8-9,11H2,2-4H3,(H2,21,29)(H,22,23,25)/t15-/m1/s1. The molecule has 3 N–H and O–H groups in total. The number of likely N-dealkylation sites (tertiary alicyclic amines) is 1. The van der Waals surface area contributed by atoms with Gasteiger partial charge in [-0.25, -0.2) is 0 Å². The van der Waals surface area contributed by atoms with Crippen molar-refractivity contribution < 1.29 is 9.59 Å². The second kappa shape index (κ2) is 8.26. The summed E-state index contributed by atoms with van der Waals surface area (Å²) in [5, 5.41) is 11.2. The Hall–Kier alpha value is -3.49. The van der Waals surface area contributed by atoms with Gasteiger partial charge >= 0.3 is 0 Å². The first-order chi connectivity index (χ1) is 13.8. The van der Waals surface area contributed by atoms with Gasteiger partial charge in [0.25, 0.3) is 5.91 Å². The molecule has 0 aliphatic carbocycles. The van der Waals surface area contributed by atoms with Crippen LogP contribution < -0.4 is 16.0 Å². The number of nitrogens with zero attached hydrogens (tertiary/aromatic N) is 5. The number of nitrogens with one attached hydrogen (secondary N) is 1. The molecule has 9 heteroatoms. The van der Waals surface area contributed by atoms with E-state index >= 15 is 0 Å². The van der Waals surface area contributed by atoms with Crippen molar-refractivity contribution in [2.45, 2.75) is 26.3 Å². The molecule has 0 saturated carbocycles. The van der Waals surface area contributed by atoms with Crippen LogP contribution in [0.25, 0.3) is 0 Å². The fourth-order valence-corrected chi connectivity index (χ4v) is 3.23. The van der Waals surface area contributed by atoms with Crippen LogP contribution >= 0.6 is 0 Å². The van der Waals surface area contributed by atoms with Crippen LogP contribution in [0.1, 0.15) is 28.0 Å². The molecular weight excluding hydrogens is 370 g/mol. The SMILES string of the molecule is C=CC(=O)N1CC[C@@H](N(C)c2nnc(C(N)=O)c(Nc3ccc(C)c(C)c3)n2)C1. The Labute approximate surface area is 169 Å². The van der Waals surface area contributed by atoms with Gasteiger partial charge < -0.3 is 20.9 Å². The Kier molecular flexibility index (Phi) is 5.76. The lowest BCUT2D eigenvalue weighted by atomic mass is 10.1. The van der Waals surface area contributed by atoms with Crippen molar-refractivity contribution in [3.8, 4) is 0 Å². The number of rotatable bonds is 6. The van der Waals surface area contributed by atoms with Crippen molar-refractivity contribution in [3.63, 3.8) is 0 Å².